The number of ether oxygens (including phenoxy) is 2. The molecule has 1 rings (SSSR count). The predicted molar refractivity (Wildman–Crippen MR) is 58.1 cm³/mol. The van der Waals surface area contributed by atoms with Gasteiger partial charge in [-0.2, -0.15) is 5.26 Å². The number of nitrogens with zero attached hydrogens (tertiary/aromatic N) is 1. The van der Waals surface area contributed by atoms with Gasteiger partial charge in [-0.1, -0.05) is 0 Å². The number of unbranched alkanes of at least 4 members (excludes halogenated alkanes) is 1. The van der Waals surface area contributed by atoms with E-state index < -0.39 is 0 Å². The maximum atomic E-state index is 8.45. The molecule has 1 aromatic carbocycles. The molecule has 3 nitrogen and oxygen atoms in total. The maximum absolute atomic E-state index is 8.45. The molecule has 0 amide bonds. The Bertz CT molecular complexity index is 333. The number of nitriles is 1. The number of aryl methyl sites for hydroxylation is 1. The van der Waals surface area contributed by atoms with Crippen molar-refractivity contribution in [3.05, 3.63) is 23.8 Å². The summed E-state index contributed by atoms with van der Waals surface area (Å²) in [5, 5.41) is 8.45. The molecule has 0 aliphatic rings. The third-order valence-electron chi connectivity index (χ3n) is 2.17. The summed E-state index contributed by atoms with van der Waals surface area (Å²) in [5.41, 5.74) is 1.14. The van der Waals surface area contributed by atoms with Crippen LogP contribution >= 0.6 is 0 Å². The molecule has 0 aromatic heterocycles. The van der Waals surface area contributed by atoms with Gasteiger partial charge in [0.15, 0.2) is 0 Å². The van der Waals surface area contributed by atoms with Gasteiger partial charge in [0.2, 0.25) is 0 Å². The monoisotopic (exact) mass is 205 g/mol. The smallest absolute Gasteiger partial charge is 0.122 e. The summed E-state index contributed by atoms with van der Waals surface area (Å²) in [7, 11) is 3.27. The van der Waals surface area contributed by atoms with E-state index >= 15 is 0 Å². The molecule has 0 radical (unpaired) electrons. The van der Waals surface area contributed by atoms with E-state index in [4.69, 9.17) is 14.7 Å². The molecule has 0 heterocycles. The Hall–Kier alpha value is -1.69. The fourth-order valence-corrected chi connectivity index (χ4v) is 1.38. The molecule has 0 aliphatic carbocycles. The van der Waals surface area contributed by atoms with Crippen LogP contribution in [0, 0.1) is 11.3 Å². The third kappa shape index (κ3) is 3.51. The lowest BCUT2D eigenvalue weighted by Gasteiger charge is -2.07. The highest BCUT2D eigenvalue weighted by Gasteiger charge is 2.01. The van der Waals surface area contributed by atoms with Crippen LogP contribution < -0.4 is 9.47 Å². The van der Waals surface area contributed by atoms with Crippen LogP contribution in [0.3, 0.4) is 0 Å². The average Bonchev–Trinajstić information content (AvgIpc) is 2.29. The highest BCUT2D eigenvalue weighted by Crippen LogP contribution is 2.23. The first kappa shape index (κ1) is 11.4. The zero-order valence-electron chi connectivity index (χ0n) is 9.12. The van der Waals surface area contributed by atoms with E-state index in [2.05, 4.69) is 6.07 Å². The summed E-state index contributed by atoms with van der Waals surface area (Å²) < 4.78 is 10.3. The van der Waals surface area contributed by atoms with E-state index in [1.165, 1.54) is 0 Å². The highest BCUT2D eigenvalue weighted by molar-refractivity contribution is 5.38. The van der Waals surface area contributed by atoms with Gasteiger partial charge in [0.25, 0.3) is 0 Å². The fourth-order valence-electron chi connectivity index (χ4n) is 1.38. The van der Waals surface area contributed by atoms with Crippen LogP contribution in [0.1, 0.15) is 18.4 Å². The van der Waals surface area contributed by atoms with Crippen LogP contribution in [0.2, 0.25) is 0 Å². The molecule has 0 aliphatic heterocycles. The number of hydrogen-bond donors (Lipinski definition) is 0. The van der Waals surface area contributed by atoms with E-state index in [-0.39, 0.29) is 0 Å². The number of rotatable bonds is 5. The van der Waals surface area contributed by atoms with Crippen molar-refractivity contribution in [1.29, 1.82) is 5.26 Å². The molecule has 0 saturated heterocycles. The van der Waals surface area contributed by atoms with E-state index in [9.17, 15) is 0 Å². The molecule has 0 unspecified atom stereocenters. The lowest BCUT2D eigenvalue weighted by atomic mass is 10.1. The van der Waals surface area contributed by atoms with E-state index in [1.54, 1.807) is 14.2 Å². The normalized spacial score (nSPS) is 9.40. The number of hydrogen-bond acceptors (Lipinski definition) is 3. The second-order valence-corrected chi connectivity index (χ2v) is 3.23. The van der Waals surface area contributed by atoms with Gasteiger partial charge in [-0.3, -0.25) is 0 Å². The Morgan fingerprint density at radius 2 is 1.73 bits per heavy atom. The van der Waals surface area contributed by atoms with Crippen LogP contribution in [0.25, 0.3) is 0 Å². The Kier molecular flexibility index (Phi) is 4.49. The number of benzene rings is 1. The maximum Gasteiger partial charge on any atom is 0.122 e. The largest absolute Gasteiger partial charge is 0.497 e. The van der Waals surface area contributed by atoms with Crippen LogP contribution in [0.4, 0.5) is 0 Å². The fraction of sp³-hybridized carbons (Fsp3) is 0.417. The summed E-state index contributed by atoms with van der Waals surface area (Å²) in [6.07, 6.45) is 2.33. The standard InChI is InChI=1S/C12H15NO2/c1-14-11-7-10(5-3-4-6-13)8-12(9-11)15-2/h7-9H,3-5H2,1-2H3. The van der Waals surface area contributed by atoms with E-state index in [0.717, 1.165) is 29.9 Å². The molecule has 0 atom stereocenters. The average molecular weight is 205 g/mol. The molecule has 0 bridgehead atoms. The zero-order chi connectivity index (χ0) is 11.1. The SMILES string of the molecule is COc1cc(CCCC#N)cc(OC)c1. The van der Waals surface area contributed by atoms with Gasteiger partial charge < -0.3 is 9.47 Å². The molecule has 80 valence electrons. The molecule has 0 fully saturated rings. The summed E-state index contributed by atoms with van der Waals surface area (Å²) in [4.78, 5) is 0. The number of methoxy groups -OCH3 is 2. The summed E-state index contributed by atoms with van der Waals surface area (Å²) >= 11 is 0. The summed E-state index contributed by atoms with van der Waals surface area (Å²) in [5.74, 6) is 1.59. The summed E-state index contributed by atoms with van der Waals surface area (Å²) in [6, 6.07) is 7.92. The van der Waals surface area contributed by atoms with Crippen LogP contribution in [0.5, 0.6) is 11.5 Å². The van der Waals surface area contributed by atoms with Crippen LogP contribution in [0.15, 0.2) is 18.2 Å². The van der Waals surface area contributed by atoms with Crippen molar-refractivity contribution in [3.63, 3.8) is 0 Å². The Morgan fingerprint density at radius 3 is 2.20 bits per heavy atom. The minimum Gasteiger partial charge on any atom is -0.497 e. The minimum atomic E-state index is 0.583. The molecular formula is C12H15NO2. The van der Waals surface area contributed by atoms with Crippen molar-refractivity contribution >= 4 is 0 Å². The van der Waals surface area contributed by atoms with Crippen LogP contribution in [-0.2, 0) is 6.42 Å². The third-order valence-corrected chi connectivity index (χ3v) is 2.17. The molecule has 15 heavy (non-hydrogen) atoms. The van der Waals surface area contributed by atoms with Gasteiger partial charge in [0, 0.05) is 12.5 Å². The topological polar surface area (TPSA) is 42.2 Å². The van der Waals surface area contributed by atoms with Gasteiger partial charge in [-0.25, -0.2) is 0 Å². The van der Waals surface area contributed by atoms with Gasteiger partial charge in [0.1, 0.15) is 11.5 Å². The first-order valence-electron chi connectivity index (χ1n) is 4.89. The Labute approximate surface area is 90.2 Å². The first-order chi connectivity index (χ1) is 7.30. The predicted octanol–water partition coefficient (Wildman–Crippen LogP) is 2.55. The second-order valence-electron chi connectivity index (χ2n) is 3.23. The van der Waals surface area contributed by atoms with E-state index in [0.29, 0.717) is 6.42 Å². The molecule has 1 aromatic rings. The second kappa shape index (κ2) is 5.92. The van der Waals surface area contributed by atoms with Gasteiger partial charge in [-0.15, -0.1) is 0 Å². The lowest BCUT2D eigenvalue weighted by molar-refractivity contribution is 0.393. The molecule has 3 heteroatoms. The quantitative estimate of drug-likeness (QED) is 0.694. The highest BCUT2D eigenvalue weighted by atomic mass is 16.5. The minimum absolute atomic E-state index is 0.583. The van der Waals surface area contributed by atoms with Crippen LogP contribution in [-0.4, -0.2) is 14.2 Å². The van der Waals surface area contributed by atoms with Crippen molar-refractivity contribution in [3.8, 4) is 17.6 Å². The van der Waals surface area contributed by atoms with Gasteiger partial charge >= 0.3 is 0 Å². The van der Waals surface area contributed by atoms with Crippen molar-refractivity contribution in [1.82, 2.24) is 0 Å². The van der Waals surface area contributed by atoms with Crippen molar-refractivity contribution < 1.29 is 9.47 Å². The van der Waals surface area contributed by atoms with E-state index in [1.807, 2.05) is 18.2 Å². The zero-order valence-corrected chi connectivity index (χ0v) is 9.12. The van der Waals surface area contributed by atoms with Gasteiger partial charge in [0.05, 0.1) is 20.3 Å². The summed E-state index contributed by atoms with van der Waals surface area (Å²) in [6.45, 7) is 0. The molecular weight excluding hydrogens is 190 g/mol. The Morgan fingerprint density at radius 1 is 1.13 bits per heavy atom. The van der Waals surface area contributed by atoms with Crippen molar-refractivity contribution in [2.75, 3.05) is 14.2 Å². The first-order valence-corrected chi connectivity index (χ1v) is 4.89. The van der Waals surface area contributed by atoms with Gasteiger partial charge in [-0.05, 0) is 30.5 Å². The molecule has 0 spiro atoms. The molecule has 0 saturated carbocycles. The van der Waals surface area contributed by atoms with Crippen molar-refractivity contribution in [2.45, 2.75) is 19.3 Å². The Balaban J connectivity index is 2.74. The molecule has 0 N–H and O–H groups in total. The lowest BCUT2D eigenvalue weighted by Crippen LogP contribution is -1.91. The van der Waals surface area contributed by atoms with Crippen molar-refractivity contribution in [2.24, 2.45) is 0 Å².